The van der Waals surface area contributed by atoms with Gasteiger partial charge in [0, 0.05) is 13.1 Å². The molecule has 1 atom stereocenters. The van der Waals surface area contributed by atoms with Crippen molar-refractivity contribution in [3.8, 4) is 0 Å². The molecule has 1 unspecified atom stereocenters. The van der Waals surface area contributed by atoms with Crippen molar-refractivity contribution in [1.29, 1.82) is 0 Å². The lowest BCUT2D eigenvalue weighted by Gasteiger charge is -2.35. The van der Waals surface area contributed by atoms with Crippen LogP contribution in [0.25, 0.3) is 0 Å². The van der Waals surface area contributed by atoms with Crippen molar-refractivity contribution in [1.82, 2.24) is 15.3 Å². The topological polar surface area (TPSA) is 93.7 Å². The van der Waals surface area contributed by atoms with E-state index >= 15 is 0 Å². The van der Waals surface area contributed by atoms with Gasteiger partial charge >= 0.3 is 5.97 Å². The molecule has 0 spiro atoms. The van der Waals surface area contributed by atoms with Crippen molar-refractivity contribution < 1.29 is 19.1 Å². The molecule has 1 N–H and O–H groups in total. The Labute approximate surface area is 122 Å². The van der Waals surface area contributed by atoms with Crippen molar-refractivity contribution in [2.24, 2.45) is 0 Å². The van der Waals surface area contributed by atoms with Crippen LogP contribution in [0, 0.1) is 0 Å². The van der Waals surface area contributed by atoms with Crippen LogP contribution in [-0.2, 0) is 14.3 Å². The molecule has 1 aliphatic heterocycles. The van der Waals surface area contributed by atoms with E-state index in [2.05, 4.69) is 20.0 Å². The molecule has 0 radical (unpaired) electrons. The molecule has 0 saturated carbocycles. The van der Waals surface area contributed by atoms with Crippen LogP contribution in [0.2, 0.25) is 0 Å². The number of hydrogen-bond acceptors (Lipinski definition) is 7. The fourth-order valence-electron chi connectivity index (χ4n) is 2.07. The van der Waals surface area contributed by atoms with Crippen molar-refractivity contribution in [2.45, 2.75) is 13.0 Å². The molecule has 21 heavy (non-hydrogen) atoms. The second-order valence-electron chi connectivity index (χ2n) is 4.43. The molecule has 1 saturated heterocycles. The first-order valence-corrected chi connectivity index (χ1v) is 6.69. The number of carbonyl (C=O) groups is 2. The Balaban J connectivity index is 2.17. The number of rotatable bonds is 4. The van der Waals surface area contributed by atoms with Crippen LogP contribution in [0.15, 0.2) is 12.4 Å². The van der Waals surface area contributed by atoms with Crippen LogP contribution in [0.4, 0.5) is 5.82 Å². The summed E-state index contributed by atoms with van der Waals surface area (Å²) in [4.78, 5) is 33.4. The molecule has 114 valence electrons. The zero-order chi connectivity index (χ0) is 15.2. The zero-order valence-corrected chi connectivity index (χ0v) is 12.0. The number of nitrogens with zero attached hydrogens (tertiary/aromatic N) is 3. The Morgan fingerprint density at radius 3 is 2.90 bits per heavy atom. The lowest BCUT2D eigenvalue weighted by molar-refractivity contribution is -0.124. The first-order valence-electron chi connectivity index (χ1n) is 6.69. The van der Waals surface area contributed by atoms with Gasteiger partial charge in [-0.3, -0.25) is 4.79 Å². The summed E-state index contributed by atoms with van der Waals surface area (Å²) in [5, 5.41) is 2.77. The van der Waals surface area contributed by atoms with E-state index in [4.69, 9.17) is 4.74 Å². The maximum atomic E-state index is 12.0. The van der Waals surface area contributed by atoms with Gasteiger partial charge < -0.3 is 19.7 Å². The predicted octanol–water partition coefficient (Wildman–Crippen LogP) is -0.395. The predicted molar refractivity (Wildman–Crippen MR) is 74.0 cm³/mol. The van der Waals surface area contributed by atoms with Gasteiger partial charge in [-0.05, 0) is 6.92 Å². The quantitative estimate of drug-likeness (QED) is 0.755. The Hall–Kier alpha value is -2.22. The highest BCUT2D eigenvalue weighted by Crippen LogP contribution is 2.16. The van der Waals surface area contributed by atoms with E-state index in [-0.39, 0.29) is 11.6 Å². The number of likely N-dealkylation sites (N-methyl/N-ethyl adjacent to an activating group) is 1. The van der Waals surface area contributed by atoms with Crippen molar-refractivity contribution in [3.05, 3.63) is 18.1 Å². The van der Waals surface area contributed by atoms with E-state index in [1.165, 1.54) is 19.5 Å². The average Bonchev–Trinajstić information content (AvgIpc) is 2.54. The molecule has 2 heterocycles. The van der Waals surface area contributed by atoms with Gasteiger partial charge in [0.15, 0.2) is 5.69 Å². The molecule has 0 bridgehead atoms. The first-order chi connectivity index (χ1) is 10.2. The fraction of sp³-hybridized carbons (Fsp3) is 0.538. The molecule has 0 aliphatic carbocycles. The molecule has 2 rings (SSSR count). The van der Waals surface area contributed by atoms with Gasteiger partial charge in [0.1, 0.15) is 11.9 Å². The summed E-state index contributed by atoms with van der Waals surface area (Å²) >= 11 is 0. The van der Waals surface area contributed by atoms with Gasteiger partial charge in [-0.2, -0.15) is 0 Å². The van der Waals surface area contributed by atoms with Crippen LogP contribution in [0.5, 0.6) is 0 Å². The fourth-order valence-corrected chi connectivity index (χ4v) is 2.07. The number of amides is 1. The third kappa shape index (κ3) is 3.46. The van der Waals surface area contributed by atoms with Gasteiger partial charge in [-0.1, -0.05) is 0 Å². The van der Waals surface area contributed by atoms with Crippen LogP contribution in [-0.4, -0.2) is 61.3 Å². The summed E-state index contributed by atoms with van der Waals surface area (Å²) in [5.41, 5.74) is 0.129. The van der Waals surface area contributed by atoms with Crippen LogP contribution in [0.3, 0.4) is 0 Å². The van der Waals surface area contributed by atoms with Crippen LogP contribution >= 0.6 is 0 Å². The van der Waals surface area contributed by atoms with E-state index in [1.54, 1.807) is 0 Å². The molecule has 8 nitrogen and oxygen atoms in total. The molecule has 1 aliphatic rings. The largest absolute Gasteiger partial charge is 0.464 e. The summed E-state index contributed by atoms with van der Waals surface area (Å²) in [6.07, 6.45) is 2.80. The van der Waals surface area contributed by atoms with E-state index in [0.717, 1.165) is 0 Å². The summed E-state index contributed by atoms with van der Waals surface area (Å²) in [6, 6.07) is -0.447. The second kappa shape index (κ2) is 6.98. The standard InChI is InChI=1S/C13H18N4O4/c1-3-14-12(18)10-8-21-5-4-17(10)11-7-15-9(6-16-11)13(19)20-2/h6-7,10H,3-5,8H2,1-2H3,(H,14,18). The molecular formula is C13H18N4O4. The lowest BCUT2D eigenvalue weighted by Crippen LogP contribution is -2.54. The number of ether oxygens (including phenoxy) is 2. The molecule has 1 fully saturated rings. The van der Waals surface area contributed by atoms with Gasteiger partial charge in [-0.25, -0.2) is 14.8 Å². The van der Waals surface area contributed by atoms with Gasteiger partial charge in [0.25, 0.3) is 0 Å². The number of morpholine rings is 1. The monoisotopic (exact) mass is 294 g/mol. The van der Waals surface area contributed by atoms with Gasteiger partial charge in [-0.15, -0.1) is 0 Å². The summed E-state index contributed by atoms with van der Waals surface area (Å²) in [6.45, 7) is 3.75. The first kappa shape index (κ1) is 15.2. The minimum absolute atomic E-state index is 0.115. The Morgan fingerprint density at radius 2 is 2.29 bits per heavy atom. The summed E-state index contributed by atoms with van der Waals surface area (Å²) < 4.78 is 9.93. The highest BCUT2D eigenvalue weighted by Gasteiger charge is 2.30. The minimum atomic E-state index is -0.545. The summed E-state index contributed by atoms with van der Waals surface area (Å²) in [5.74, 6) is -0.130. The maximum absolute atomic E-state index is 12.0. The highest BCUT2D eigenvalue weighted by atomic mass is 16.5. The summed E-state index contributed by atoms with van der Waals surface area (Å²) in [7, 11) is 1.28. The second-order valence-corrected chi connectivity index (χ2v) is 4.43. The Bertz CT molecular complexity index is 505. The maximum Gasteiger partial charge on any atom is 0.358 e. The number of hydrogen-bond donors (Lipinski definition) is 1. The Kier molecular flexibility index (Phi) is 5.04. The van der Waals surface area contributed by atoms with Crippen molar-refractivity contribution >= 4 is 17.7 Å². The molecule has 1 aromatic rings. The lowest BCUT2D eigenvalue weighted by atomic mass is 10.2. The number of nitrogens with one attached hydrogen (secondary N) is 1. The van der Waals surface area contributed by atoms with Gasteiger partial charge in [0.05, 0.1) is 32.7 Å². The SMILES string of the molecule is CCNC(=O)C1COCCN1c1cnc(C(=O)OC)cn1. The number of carbonyl (C=O) groups excluding carboxylic acids is 2. The third-order valence-electron chi connectivity index (χ3n) is 3.11. The van der Waals surface area contributed by atoms with E-state index in [9.17, 15) is 9.59 Å². The highest BCUT2D eigenvalue weighted by molar-refractivity contribution is 5.87. The third-order valence-corrected chi connectivity index (χ3v) is 3.11. The van der Waals surface area contributed by atoms with E-state index in [1.807, 2.05) is 11.8 Å². The minimum Gasteiger partial charge on any atom is -0.464 e. The Morgan fingerprint density at radius 1 is 1.48 bits per heavy atom. The smallest absolute Gasteiger partial charge is 0.358 e. The van der Waals surface area contributed by atoms with Crippen molar-refractivity contribution in [3.63, 3.8) is 0 Å². The van der Waals surface area contributed by atoms with Gasteiger partial charge in [0.2, 0.25) is 5.91 Å². The molecule has 1 aromatic heterocycles. The number of aromatic nitrogens is 2. The number of methoxy groups -OCH3 is 1. The van der Waals surface area contributed by atoms with Crippen LogP contribution in [0.1, 0.15) is 17.4 Å². The van der Waals surface area contributed by atoms with E-state index in [0.29, 0.717) is 32.1 Å². The molecule has 0 aromatic carbocycles. The average molecular weight is 294 g/mol. The van der Waals surface area contributed by atoms with Crippen LogP contribution < -0.4 is 10.2 Å². The number of esters is 1. The normalized spacial score (nSPS) is 18.2. The molecular weight excluding hydrogens is 276 g/mol. The molecule has 1 amide bonds. The zero-order valence-electron chi connectivity index (χ0n) is 12.0. The van der Waals surface area contributed by atoms with Crippen molar-refractivity contribution in [2.75, 3.05) is 38.3 Å². The molecule has 8 heteroatoms. The van der Waals surface area contributed by atoms with E-state index < -0.39 is 12.0 Å². The number of anilines is 1.